The second-order valence-electron chi connectivity index (χ2n) is 2.87. The molecule has 0 aromatic heterocycles. The molecule has 0 saturated heterocycles. The molecule has 0 aromatic rings. The number of hydrogen-bond acceptors (Lipinski definition) is 2. The summed E-state index contributed by atoms with van der Waals surface area (Å²) in [6.07, 6.45) is 2.79. The van der Waals surface area contributed by atoms with Crippen LogP contribution in [0.3, 0.4) is 0 Å². The van der Waals surface area contributed by atoms with E-state index in [1.54, 1.807) is 6.08 Å². The fraction of sp³-hybridized carbons (Fsp3) is 0.444. The van der Waals surface area contributed by atoms with Gasteiger partial charge in [0.1, 0.15) is 0 Å². The van der Waals surface area contributed by atoms with Crippen LogP contribution in [0.1, 0.15) is 13.8 Å². The second kappa shape index (κ2) is 4.59. The highest BCUT2D eigenvalue weighted by Gasteiger charge is 2.11. The van der Waals surface area contributed by atoms with Gasteiger partial charge in [0.05, 0.1) is 0 Å². The molecule has 0 amide bonds. The maximum absolute atomic E-state index is 10.2. The maximum atomic E-state index is 10.2. The Morgan fingerprint density at radius 2 is 2.08 bits per heavy atom. The Labute approximate surface area is 72.6 Å². The van der Waals surface area contributed by atoms with Crippen LogP contribution in [0.25, 0.3) is 0 Å². The van der Waals surface area contributed by atoms with Gasteiger partial charge in [-0.3, -0.25) is 0 Å². The van der Waals surface area contributed by atoms with Gasteiger partial charge in [0.2, 0.25) is 0 Å². The normalized spacial score (nSPS) is 16.7. The predicted octanol–water partition coefficient (Wildman–Crippen LogP) is 1.37. The van der Waals surface area contributed by atoms with E-state index >= 15 is 0 Å². The lowest BCUT2D eigenvalue weighted by Crippen LogP contribution is -2.16. The number of rotatable bonds is 4. The fourth-order valence-electron chi connectivity index (χ4n) is 0.782. The summed E-state index contributed by atoms with van der Waals surface area (Å²) >= 11 is 0. The van der Waals surface area contributed by atoms with E-state index in [1.807, 2.05) is 13.8 Å². The lowest BCUT2D eigenvalue weighted by molar-refractivity contribution is -0.131. The van der Waals surface area contributed by atoms with Gasteiger partial charge < -0.3 is 10.8 Å². The number of nitrogens with two attached hydrogens (primary N) is 1. The monoisotopic (exact) mass is 169 g/mol. The predicted molar refractivity (Wildman–Crippen MR) is 48.4 cm³/mol. The zero-order valence-electron chi connectivity index (χ0n) is 7.45. The van der Waals surface area contributed by atoms with Crippen molar-refractivity contribution in [2.24, 2.45) is 17.6 Å². The third-order valence-electron chi connectivity index (χ3n) is 1.98. The van der Waals surface area contributed by atoms with Gasteiger partial charge in [-0.05, 0) is 5.92 Å². The molecular weight excluding hydrogens is 154 g/mol. The van der Waals surface area contributed by atoms with Gasteiger partial charge in [-0.1, -0.05) is 19.9 Å². The smallest absolute Gasteiger partial charge is 0.330 e. The van der Waals surface area contributed by atoms with Gasteiger partial charge in [-0.15, -0.1) is 6.58 Å². The first-order valence-corrected chi connectivity index (χ1v) is 3.81. The highest BCUT2D eigenvalue weighted by molar-refractivity contribution is 5.80. The summed E-state index contributed by atoms with van der Waals surface area (Å²) in [6.45, 7) is 7.43. The number of hydrogen-bond donors (Lipinski definition) is 2. The Hall–Kier alpha value is -1.25. The number of carbonyl (C=O) groups is 1. The van der Waals surface area contributed by atoms with E-state index in [0.717, 1.165) is 6.08 Å². The van der Waals surface area contributed by atoms with Crippen LogP contribution in [0.5, 0.6) is 0 Å². The van der Waals surface area contributed by atoms with Gasteiger partial charge in [-0.25, -0.2) is 4.79 Å². The molecule has 0 aliphatic heterocycles. The Morgan fingerprint density at radius 3 is 2.42 bits per heavy atom. The number of allylic oxidation sites excluding steroid dienone is 2. The average Bonchev–Trinajstić information content (AvgIpc) is 2.00. The SMILES string of the molecule is C=C[C@@H](C)[C@@H](C)/C(N)=C/C(=O)O. The Bertz CT molecular complexity index is 209. The van der Waals surface area contributed by atoms with Crippen molar-refractivity contribution in [1.82, 2.24) is 0 Å². The zero-order valence-corrected chi connectivity index (χ0v) is 7.45. The molecular formula is C9H15NO2. The van der Waals surface area contributed by atoms with Gasteiger partial charge in [-0.2, -0.15) is 0 Å². The maximum Gasteiger partial charge on any atom is 0.330 e. The van der Waals surface area contributed by atoms with Crippen LogP contribution in [0.2, 0.25) is 0 Å². The molecule has 0 rings (SSSR count). The molecule has 0 bridgehead atoms. The number of carboxylic acid groups (broad SMARTS) is 1. The molecule has 3 N–H and O–H groups in total. The summed E-state index contributed by atoms with van der Waals surface area (Å²) in [6, 6.07) is 0. The van der Waals surface area contributed by atoms with E-state index in [-0.39, 0.29) is 11.8 Å². The highest BCUT2D eigenvalue weighted by Crippen LogP contribution is 2.16. The lowest BCUT2D eigenvalue weighted by atomic mass is 9.93. The third-order valence-corrected chi connectivity index (χ3v) is 1.98. The minimum atomic E-state index is -1.00. The molecule has 0 aliphatic rings. The van der Waals surface area contributed by atoms with E-state index in [4.69, 9.17) is 10.8 Å². The molecule has 0 aliphatic carbocycles. The average molecular weight is 169 g/mol. The third kappa shape index (κ3) is 3.23. The van der Waals surface area contributed by atoms with Crippen LogP contribution in [0, 0.1) is 11.8 Å². The quantitative estimate of drug-likeness (QED) is 0.493. The summed E-state index contributed by atoms with van der Waals surface area (Å²) in [7, 11) is 0. The first-order valence-electron chi connectivity index (χ1n) is 3.81. The standard InChI is InChI=1S/C9H15NO2/c1-4-6(2)7(3)8(10)5-9(11)12/h4-7H,1,10H2,2-3H3,(H,11,12)/b8-5-/t6-,7-/m1/s1. The van der Waals surface area contributed by atoms with Crippen LogP contribution in [-0.4, -0.2) is 11.1 Å². The lowest BCUT2D eigenvalue weighted by Gasteiger charge is -2.15. The van der Waals surface area contributed by atoms with Crippen molar-refractivity contribution < 1.29 is 9.90 Å². The van der Waals surface area contributed by atoms with E-state index in [1.165, 1.54) is 0 Å². The van der Waals surface area contributed by atoms with Crippen molar-refractivity contribution in [2.45, 2.75) is 13.8 Å². The number of carboxylic acids is 1. The molecule has 0 fully saturated rings. The molecule has 3 nitrogen and oxygen atoms in total. The first kappa shape index (κ1) is 10.8. The molecule has 2 atom stereocenters. The van der Waals surface area contributed by atoms with Crippen molar-refractivity contribution in [3.05, 3.63) is 24.4 Å². The highest BCUT2D eigenvalue weighted by atomic mass is 16.4. The Kier molecular flexibility index (Phi) is 4.11. The molecule has 0 unspecified atom stereocenters. The molecule has 0 aromatic carbocycles. The van der Waals surface area contributed by atoms with Gasteiger partial charge in [0.25, 0.3) is 0 Å². The largest absolute Gasteiger partial charge is 0.478 e. The van der Waals surface area contributed by atoms with Gasteiger partial charge >= 0.3 is 5.97 Å². The molecule has 0 saturated carbocycles. The minimum absolute atomic E-state index is 0.0265. The summed E-state index contributed by atoms with van der Waals surface area (Å²) in [5, 5.41) is 8.41. The molecule has 12 heavy (non-hydrogen) atoms. The molecule has 0 radical (unpaired) electrons. The van der Waals surface area contributed by atoms with Crippen molar-refractivity contribution in [1.29, 1.82) is 0 Å². The van der Waals surface area contributed by atoms with Crippen LogP contribution >= 0.6 is 0 Å². The van der Waals surface area contributed by atoms with Crippen molar-refractivity contribution in [3.8, 4) is 0 Å². The minimum Gasteiger partial charge on any atom is -0.478 e. The van der Waals surface area contributed by atoms with Crippen LogP contribution in [0.15, 0.2) is 24.4 Å². The summed E-state index contributed by atoms with van der Waals surface area (Å²) in [5.74, 6) is -0.783. The van der Waals surface area contributed by atoms with E-state index in [0.29, 0.717) is 5.70 Å². The molecule has 0 spiro atoms. The molecule has 68 valence electrons. The van der Waals surface area contributed by atoms with Gasteiger partial charge in [0, 0.05) is 17.7 Å². The second-order valence-corrected chi connectivity index (χ2v) is 2.87. The van der Waals surface area contributed by atoms with Crippen LogP contribution < -0.4 is 5.73 Å². The Morgan fingerprint density at radius 1 is 1.58 bits per heavy atom. The number of aliphatic carboxylic acids is 1. The van der Waals surface area contributed by atoms with Crippen molar-refractivity contribution >= 4 is 5.97 Å². The van der Waals surface area contributed by atoms with Crippen molar-refractivity contribution in [3.63, 3.8) is 0 Å². The summed E-state index contributed by atoms with van der Waals surface area (Å²) in [4.78, 5) is 10.2. The van der Waals surface area contributed by atoms with Gasteiger partial charge in [0.15, 0.2) is 0 Å². The van der Waals surface area contributed by atoms with E-state index < -0.39 is 5.97 Å². The topological polar surface area (TPSA) is 63.3 Å². The fourth-order valence-corrected chi connectivity index (χ4v) is 0.782. The first-order chi connectivity index (χ1) is 5.49. The van der Waals surface area contributed by atoms with E-state index in [2.05, 4.69) is 6.58 Å². The Balaban J connectivity index is 4.37. The van der Waals surface area contributed by atoms with Crippen LogP contribution in [0.4, 0.5) is 0 Å². The summed E-state index contributed by atoms with van der Waals surface area (Å²) in [5.41, 5.74) is 5.91. The van der Waals surface area contributed by atoms with Crippen molar-refractivity contribution in [2.75, 3.05) is 0 Å². The summed E-state index contributed by atoms with van der Waals surface area (Å²) < 4.78 is 0. The molecule has 3 heteroatoms. The zero-order chi connectivity index (χ0) is 9.72. The van der Waals surface area contributed by atoms with Crippen LogP contribution in [-0.2, 0) is 4.79 Å². The molecule has 0 heterocycles. The van der Waals surface area contributed by atoms with E-state index in [9.17, 15) is 4.79 Å².